The van der Waals surface area contributed by atoms with E-state index in [9.17, 15) is 17.2 Å². The number of hydrogen-bond acceptors (Lipinski definition) is 3. The molecule has 0 saturated heterocycles. The summed E-state index contributed by atoms with van der Waals surface area (Å²) in [6, 6.07) is 2.93. The first-order valence-corrected chi connectivity index (χ1v) is 8.15. The molecule has 0 atom stereocenters. The second kappa shape index (κ2) is 5.59. The van der Waals surface area contributed by atoms with Gasteiger partial charge in [0.15, 0.2) is 0 Å². The van der Waals surface area contributed by atoms with Crippen LogP contribution in [0.2, 0.25) is 0 Å². The van der Waals surface area contributed by atoms with E-state index in [1.807, 2.05) is 0 Å². The SMILES string of the molecule is Cc1csc(C)c1S(=O)(=O)NCc1cc(F)cc(F)c1. The molecule has 0 spiro atoms. The van der Waals surface area contributed by atoms with Crippen molar-refractivity contribution in [2.24, 2.45) is 0 Å². The van der Waals surface area contributed by atoms with E-state index < -0.39 is 21.7 Å². The van der Waals surface area contributed by atoms with Crippen molar-refractivity contribution < 1.29 is 17.2 Å². The lowest BCUT2D eigenvalue weighted by Gasteiger charge is -2.08. The van der Waals surface area contributed by atoms with Gasteiger partial charge in [-0.3, -0.25) is 0 Å². The van der Waals surface area contributed by atoms with Gasteiger partial charge >= 0.3 is 0 Å². The lowest BCUT2D eigenvalue weighted by molar-refractivity contribution is 0.570. The Morgan fingerprint density at radius 2 is 1.75 bits per heavy atom. The van der Waals surface area contributed by atoms with Crippen LogP contribution in [0.5, 0.6) is 0 Å². The normalized spacial score (nSPS) is 11.8. The fourth-order valence-electron chi connectivity index (χ4n) is 1.93. The third kappa shape index (κ3) is 3.23. The van der Waals surface area contributed by atoms with Crippen molar-refractivity contribution in [2.75, 3.05) is 0 Å². The summed E-state index contributed by atoms with van der Waals surface area (Å²) >= 11 is 1.35. The molecule has 0 saturated carbocycles. The molecule has 1 aromatic heterocycles. The highest BCUT2D eigenvalue weighted by Gasteiger charge is 2.20. The largest absolute Gasteiger partial charge is 0.242 e. The summed E-state index contributed by atoms with van der Waals surface area (Å²) < 4.78 is 52.8. The van der Waals surface area contributed by atoms with Gasteiger partial charge < -0.3 is 0 Å². The molecule has 7 heteroatoms. The van der Waals surface area contributed by atoms with Gasteiger partial charge in [-0.1, -0.05) is 0 Å². The minimum absolute atomic E-state index is 0.161. The zero-order valence-electron chi connectivity index (χ0n) is 10.9. The summed E-state index contributed by atoms with van der Waals surface area (Å²) in [5.41, 5.74) is 0.891. The van der Waals surface area contributed by atoms with Crippen molar-refractivity contribution in [3.8, 4) is 0 Å². The van der Waals surface area contributed by atoms with Crippen molar-refractivity contribution in [3.63, 3.8) is 0 Å². The van der Waals surface area contributed by atoms with E-state index in [0.29, 0.717) is 10.4 Å². The summed E-state index contributed by atoms with van der Waals surface area (Å²) in [5, 5.41) is 1.76. The number of halogens is 2. The lowest BCUT2D eigenvalue weighted by Crippen LogP contribution is -2.24. The molecule has 0 aliphatic heterocycles. The van der Waals surface area contributed by atoms with Crippen molar-refractivity contribution in [3.05, 3.63) is 51.2 Å². The molecule has 0 unspecified atom stereocenters. The quantitative estimate of drug-likeness (QED) is 0.942. The highest BCUT2D eigenvalue weighted by molar-refractivity contribution is 7.89. The van der Waals surface area contributed by atoms with Gasteiger partial charge in [0.2, 0.25) is 10.0 Å². The van der Waals surface area contributed by atoms with Crippen LogP contribution in [0.3, 0.4) is 0 Å². The first kappa shape index (κ1) is 15.1. The molecule has 108 valence electrons. The maximum absolute atomic E-state index is 13.0. The second-order valence-corrected chi connectivity index (χ2v) is 7.19. The van der Waals surface area contributed by atoms with E-state index in [-0.39, 0.29) is 17.0 Å². The van der Waals surface area contributed by atoms with E-state index in [4.69, 9.17) is 0 Å². The molecular formula is C13H13F2NO2S2. The van der Waals surface area contributed by atoms with Gasteiger partial charge in [-0.15, -0.1) is 11.3 Å². The van der Waals surface area contributed by atoms with Gasteiger partial charge in [-0.25, -0.2) is 21.9 Å². The van der Waals surface area contributed by atoms with E-state index >= 15 is 0 Å². The van der Waals surface area contributed by atoms with Gasteiger partial charge in [0, 0.05) is 17.5 Å². The smallest absolute Gasteiger partial charge is 0.207 e. The Hall–Kier alpha value is -1.31. The molecule has 1 heterocycles. The van der Waals surface area contributed by atoms with Crippen LogP contribution in [-0.4, -0.2) is 8.42 Å². The maximum atomic E-state index is 13.0. The molecule has 0 aliphatic carbocycles. The molecule has 2 aromatic rings. The minimum Gasteiger partial charge on any atom is -0.207 e. The predicted octanol–water partition coefficient (Wildman–Crippen LogP) is 3.12. The maximum Gasteiger partial charge on any atom is 0.242 e. The van der Waals surface area contributed by atoms with E-state index in [0.717, 1.165) is 18.2 Å². The van der Waals surface area contributed by atoms with Crippen molar-refractivity contribution in [2.45, 2.75) is 25.3 Å². The van der Waals surface area contributed by atoms with Crippen LogP contribution in [0.1, 0.15) is 16.0 Å². The Bertz CT molecular complexity index is 699. The molecule has 0 fully saturated rings. The Kier molecular flexibility index (Phi) is 4.22. The van der Waals surface area contributed by atoms with E-state index in [1.54, 1.807) is 19.2 Å². The number of rotatable bonds is 4. The summed E-state index contributed by atoms with van der Waals surface area (Å²) in [6.07, 6.45) is 0. The van der Waals surface area contributed by atoms with E-state index in [1.165, 1.54) is 11.3 Å². The summed E-state index contributed by atoms with van der Waals surface area (Å²) in [7, 11) is -3.69. The van der Waals surface area contributed by atoms with E-state index in [2.05, 4.69) is 4.72 Å². The van der Waals surface area contributed by atoms with Crippen LogP contribution in [0.15, 0.2) is 28.5 Å². The van der Waals surface area contributed by atoms with Crippen LogP contribution < -0.4 is 4.72 Å². The summed E-state index contributed by atoms with van der Waals surface area (Å²) in [4.78, 5) is 0.916. The first-order chi connectivity index (χ1) is 9.29. The standard InChI is InChI=1S/C13H13F2NO2S2/c1-8-7-19-9(2)13(8)20(17,18)16-6-10-3-11(14)5-12(15)4-10/h3-5,7,16H,6H2,1-2H3. The average Bonchev–Trinajstić information content (AvgIpc) is 2.66. The fraction of sp³-hybridized carbons (Fsp3) is 0.231. The van der Waals surface area contributed by atoms with Crippen molar-refractivity contribution >= 4 is 21.4 Å². The number of aryl methyl sites for hydroxylation is 2. The highest BCUT2D eigenvalue weighted by atomic mass is 32.2. The fourth-order valence-corrected chi connectivity index (χ4v) is 4.58. The average molecular weight is 317 g/mol. The molecular weight excluding hydrogens is 304 g/mol. The van der Waals surface area contributed by atoms with Crippen molar-refractivity contribution in [1.29, 1.82) is 0 Å². The zero-order chi connectivity index (χ0) is 14.9. The summed E-state index contributed by atoms with van der Waals surface area (Å²) in [6.45, 7) is 3.26. The van der Waals surface area contributed by atoms with Gasteiger partial charge in [-0.05, 0) is 42.5 Å². The highest BCUT2D eigenvalue weighted by Crippen LogP contribution is 2.25. The Labute approximate surface area is 120 Å². The number of thiophene rings is 1. The van der Waals surface area contributed by atoms with Crippen molar-refractivity contribution in [1.82, 2.24) is 4.72 Å². The Morgan fingerprint density at radius 1 is 1.15 bits per heavy atom. The Balaban J connectivity index is 2.22. The lowest BCUT2D eigenvalue weighted by atomic mass is 10.2. The monoisotopic (exact) mass is 317 g/mol. The van der Waals surface area contributed by atoms with Crippen LogP contribution in [0.25, 0.3) is 0 Å². The molecule has 2 rings (SSSR count). The van der Waals surface area contributed by atoms with Crippen LogP contribution in [0, 0.1) is 25.5 Å². The molecule has 0 radical (unpaired) electrons. The first-order valence-electron chi connectivity index (χ1n) is 5.79. The van der Waals surface area contributed by atoms with Crippen LogP contribution >= 0.6 is 11.3 Å². The van der Waals surface area contributed by atoms with Gasteiger partial charge in [0.1, 0.15) is 11.6 Å². The number of benzene rings is 1. The molecule has 0 aliphatic rings. The molecule has 1 aromatic carbocycles. The number of sulfonamides is 1. The predicted molar refractivity (Wildman–Crippen MR) is 74.2 cm³/mol. The van der Waals surface area contributed by atoms with Gasteiger partial charge in [0.05, 0.1) is 4.90 Å². The number of nitrogens with one attached hydrogen (secondary N) is 1. The second-order valence-electron chi connectivity index (χ2n) is 4.41. The van der Waals surface area contributed by atoms with Crippen LogP contribution in [-0.2, 0) is 16.6 Å². The number of hydrogen-bond donors (Lipinski definition) is 1. The minimum atomic E-state index is -3.69. The topological polar surface area (TPSA) is 46.2 Å². The zero-order valence-corrected chi connectivity index (χ0v) is 12.5. The summed E-state index contributed by atoms with van der Waals surface area (Å²) in [5.74, 6) is -1.47. The molecule has 0 bridgehead atoms. The third-order valence-corrected chi connectivity index (χ3v) is 5.60. The molecule has 3 nitrogen and oxygen atoms in total. The van der Waals surface area contributed by atoms with Gasteiger partial charge in [-0.2, -0.15) is 0 Å². The Morgan fingerprint density at radius 3 is 2.25 bits per heavy atom. The molecule has 20 heavy (non-hydrogen) atoms. The third-order valence-electron chi connectivity index (χ3n) is 2.75. The molecule has 0 amide bonds. The molecule has 1 N–H and O–H groups in total. The van der Waals surface area contributed by atoms with Gasteiger partial charge in [0.25, 0.3) is 0 Å². The van der Waals surface area contributed by atoms with Crippen LogP contribution in [0.4, 0.5) is 8.78 Å².